The molecule has 1 N–H and O–H groups in total. The van der Waals surface area contributed by atoms with Gasteiger partial charge in [0.15, 0.2) is 0 Å². The lowest BCUT2D eigenvalue weighted by atomic mass is 10.1. The first-order valence-corrected chi connectivity index (χ1v) is 7.82. The summed E-state index contributed by atoms with van der Waals surface area (Å²) in [5.41, 5.74) is 0.612. The highest BCUT2D eigenvalue weighted by Crippen LogP contribution is 2.22. The Morgan fingerprint density at radius 2 is 2.05 bits per heavy atom. The van der Waals surface area contributed by atoms with E-state index in [1.54, 1.807) is 6.92 Å². The van der Waals surface area contributed by atoms with E-state index in [4.69, 9.17) is 0 Å². The summed E-state index contributed by atoms with van der Waals surface area (Å²) in [4.78, 5) is 0.0433. The summed E-state index contributed by atoms with van der Waals surface area (Å²) in [6.45, 7) is 2.62. The minimum Gasteiger partial charge on any atom is -0.316 e. The monoisotopic (exact) mass is 322 g/mol. The summed E-state index contributed by atoms with van der Waals surface area (Å²) in [6, 6.07) is 4.09. The third-order valence-electron chi connectivity index (χ3n) is 3.45. The number of piperidine rings is 1. The summed E-state index contributed by atoms with van der Waals surface area (Å²) in [6.07, 6.45) is 1.78. The van der Waals surface area contributed by atoms with Crippen molar-refractivity contribution < 1.29 is 12.8 Å². The lowest BCUT2D eigenvalue weighted by molar-refractivity contribution is 0.292. The molecule has 0 spiro atoms. The zero-order valence-corrected chi connectivity index (χ0v) is 13.2. The average Bonchev–Trinajstić information content (AvgIpc) is 2.37. The van der Waals surface area contributed by atoms with Crippen LogP contribution in [-0.2, 0) is 10.0 Å². The van der Waals surface area contributed by atoms with Crippen LogP contribution < -0.4 is 5.32 Å². The maximum Gasteiger partial charge on any atom is 0.243 e. The normalized spacial score (nSPS) is 20.4. The van der Waals surface area contributed by atoms with Crippen LogP contribution in [0.25, 0.3) is 0 Å². The predicted molar refractivity (Wildman–Crippen MR) is 79.2 cm³/mol. The molecular formula is C13H20ClFN2O2S. The maximum absolute atomic E-state index is 13.4. The van der Waals surface area contributed by atoms with E-state index < -0.39 is 15.8 Å². The number of halogens is 2. The Bertz CT molecular complexity index is 545. The van der Waals surface area contributed by atoms with Gasteiger partial charge in [-0.2, -0.15) is 4.31 Å². The van der Waals surface area contributed by atoms with Gasteiger partial charge in [-0.3, -0.25) is 0 Å². The van der Waals surface area contributed by atoms with E-state index in [1.807, 2.05) is 7.05 Å². The van der Waals surface area contributed by atoms with Crippen LogP contribution in [0.2, 0.25) is 0 Å². The van der Waals surface area contributed by atoms with Gasteiger partial charge in [-0.25, -0.2) is 12.8 Å². The molecule has 1 atom stereocenters. The molecule has 114 valence electrons. The highest BCUT2D eigenvalue weighted by Gasteiger charge is 2.30. The first kappa shape index (κ1) is 17.4. The van der Waals surface area contributed by atoms with Crippen LogP contribution in [0, 0.1) is 12.7 Å². The van der Waals surface area contributed by atoms with E-state index >= 15 is 0 Å². The van der Waals surface area contributed by atoms with Crippen molar-refractivity contribution in [1.82, 2.24) is 9.62 Å². The third-order valence-corrected chi connectivity index (χ3v) is 5.29. The number of sulfonamides is 1. The molecule has 1 aromatic carbocycles. The molecule has 1 aromatic rings. The van der Waals surface area contributed by atoms with E-state index in [0.717, 1.165) is 18.9 Å². The molecule has 2 rings (SSSR count). The van der Waals surface area contributed by atoms with E-state index in [1.165, 1.54) is 16.4 Å². The molecule has 20 heavy (non-hydrogen) atoms. The zero-order chi connectivity index (χ0) is 14.0. The van der Waals surface area contributed by atoms with Crippen molar-refractivity contribution in [2.24, 2.45) is 0 Å². The quantitative estimate of drug-likeness (QED) is 0.925. The third kappa shape index (κ3) is 3.69. The van der Waals surface area contributed by atoms with Crippen molar-refractivity contribution in [3.63, 3.8) is 0 Å². The molecule has 0 aromatic heterocycles. The Balaban J connectivity index is 0.00000200. The van der Waals surface area contributed by atoms with Crippen LogP contribution in [0.3, 0.4) is 0 Å². The molecule has 0 radical (unpaired) electrons. The molecule has 1 unspecified atom stereocenters. The van der Waals surface area contributed by atoms with Gasteiger partial charge in [-0.1, -0.05) is 0 Å². The van der Waals surface area contributed by atoms with Crippen molar-refractivity contribution in [1.29, 1.82) is 0 Å². The van der Waals surface area contributed by atoms with Gasteiger partial charge < -0.3 is 5.32 Å². The summed E-state index contributed by atoms with van der Waals surface area (Å²) >= 11 is 0. The predicted octanol–water partition coefficient (Wildman–Crippen LogP) is 1.93. The van der Waals surface area contributed by atoms with Crippen molar-refractivity contribution in [3.8, 4) is 0 Å². The summed E-state index contributed by atoms with van der Waals surface area (Å²) in [7, 11) is -1.77. The second-order valence-electron chi connectivity index (χ2n) is 4.96. The molecule has 1 heterocycles. The molecule has 0 bridgehead atoms. The van der Waals surface area contributed by atoms with Gasteiger partial charge in [0.1, 0.15) is 5.82 Å². The van der Waals surface area contributed by atoms with Gasteiger partial charge in [0.2, 0.25) is 10.0 Å². The lowest BCUT2D eigenvalue weighted by Crippen LogP contribution is -2.46. The largest absolute Gasteiger partial charge is 0.316 e. The first-order chi connectivity index (χ1) is 8.93. The number of rotatable bonds is 3. The minimum absolute atomic E-state index is 0. The van der Waals surface area contributed by atoms with Crippen molar-refractivity contribution in [2.45, 2.75) is 30.7 Å². The van der Waals surface area contributed by atoms with Gasteiger partial charge in [0.05, 0.1) is 4.90 Å². The second-order valence-corrected chi connectivity index (χ2v) is 6.89. The molecular weight excluding hydrogens is 303 g/mol. The SMILES string of the molecule is CNC1CCCN(S(=O)(=O)c2cc(C)cc(F)c2)C1.Cl. The fourth-order valence-corrected chi connectivity index (χ4v) is 4.04. The van der Waals surface area contributed by atoms with Crippen LogP contribution in [0.5, 0.6) is 0 Å². The average molecular weight is 323 g/mol. The molecule has 1 fully saturated rings. The van der Waals surface area contributed by atoms with E-state index in [-0.39, 0.29) is 23.3 Å². The van der Waals surface area contributed by atoms with Crippen LogP contribution >= 0.6 is 12.4 Å². The molecule has 1 aliphatic heterocycles. The first-order valence-electron chi connectivity index (χ1n) is 6.38. The molecule has 0 amide bonds. The summed E-state index contributed by atoms with van der Waals surface area (Å²) in [5, 5.41) is 3.10. The van der Waals surface area contributed by atoms with E-state index in [0.29, 0.717) is 18.7 Å². The Hall–Kier alpha value is -0.690. The Labute approximate surface area is 125 Å². The topological polar surface area (TPSA) is 49.4 Å². The van der Waals surface area contributed by atoms with Gasteiger partial charge in [0, 0.05) is 19.1 Å². The minimum atomic E-state index is -3.60. The number of nitrogens with zero attached hydrogens (tertiary/aromatic N) is 1. The van der Waals surface area contributed by atoms with Gasteiger partial charge in [0.25, 0.3) is 0 Å². The smallest absolute Gasteiger partial charge is 0.243 e. The van der Waals surface area contributed by atoms with Crippen molar-refractivity contribution in [3.05, 3.63) is 29.6 Å². The van der Waals surface area contributed by atoms with Crippen LogP contribution in [0.1, 0.15) is 18.4 Å². The van der Waals surface area contributed by atoms with Gasteiger partial charge >= 0.3 is 0 Å². The second kappa shape index (κ2) is 6.85. The molecule has 7 heteroatoms. The fraction of sp³-hybridized carbons (Fsp3) is 0.538. The summed E-state index contributed by atoms with van der Waals surface area (Å²) in [5.74, 6) is -0.513. The van der Waals surface area contributed by atoms with E-state index in [2.05, 4.69) is 5.32 Å². The number of hydrogen-bond acceptors (Lipinski definition) is 3. The van der Waals surface area contributed by atoms with Crippen LogP contribution in [-0.4, -0.2) is 38.9 Å². The number of nitrogens with one attached hydrogen (secondary N) is 1. The van der Waals surface area contributed by atoms with Crippen molar-refractivity contribution in [2.75, 3.05) is 20.1 Å². The molecule has 1 saturated heterocycles. The molecule has 0 aliphatic carbocycles. The van der Waals surface area contributed by atoms with Crippen LogP contribution in [0.15, 0.2) is 23.1 Å². The Kier molecular flexibility index (Phi) is 5.94. The summed E-state index contributed by atoms with van der Waals surface area (Å²) < 4.78 is 39.8. The highest BCUT2D eigenvalue weighted by molar-refractivity contribution is 7.89. The molecule has 0 saturated carbocycles. The lowest BCUT2D eigenvalue weighted by Gasteiger charge is -2.31. The Morgan fingerprint density at radius 3 is 2.65 bits per heavy atom. The number of aryl methyl sites for hydroxylation is 1. The maximum atomic E-state index is 13.4. The molecule has 4 nitrogen and oxygen atoms in total. The fourth-order valence-electron chi connectivity index (χ4n) is 2.40. The number of benzene rings is 1. The zero-order valence-electron chi connectivity index (χ0n) is 11.6. The molecule has 1 aliphatic rings. The number of likely N-dealkylation sites (N-methyl/N-ethyl adjacent to an activating group) is 1. The van der Waals surface area contributed by atoms with Crippen LogP contribution in [0.4, 0.5) is 4.39 Å². The number of hydrogen-bond donors (Lipinski definition) is 1. The van der Waals surface area contributed by atoms with Crippen molar-refractivity contribution >= 4 is 22.4 Å². The standard InChI is InChI=1S/C13H19FN2O2S.ClH/c1-10-6-11(14)8-13(7-10)19(17,18)16-5-3-4-12(9-16)15-2;/h6-8,12,15H,3-5,9H2,1-2H3;1H. The Morgan fingerprint density at radius 1 is 1.35 bits per heavy atom. The van der Waals surface area contributed by atoms with E-state index in [9.17, 15) is 12.8 Å². The van der Waals surface area contributed by atoms with Gasteiger partial charge in [-0.15, -0.1) is 12.4 Å². The van der Waals surface area contributed by atoms with Gasteiger partial charge in [-0.05, 0) is 50.6 Å². The highest BCUT2D eigenvalue weighted by atomic mass is 35.5.